The predicted octanol–water partition coefficient (Wildman–Crippen LogP) is 3.41. The van der Waals surface area contributed by atoms with Crippen molar-refractivity contribution >= 4 is 17.3 Å². The summed E-state index contributed by atoms with van der Waals surface area (Å²) in [6.07, 6.45) is 3.89. The van der Waals surface area contributed by atoms with Gasteiger partial charge in [0.25, 0.3) is 0 Å². The lowest BCUT2D eigenvalue weighted by Crippen LogP contribution is -2.00. The lowest BCUT2D eigenvalue weighted by molar-refractivity contribution is 0.300. The van der Waals surface area contributed by atoms with E-state index in [1.807, 2.05) is 13.0 Å². The smallest absolute Gasteiger partial charge is 0.123 e. The van der Waals surface area contributed by atoms with Gasteiger partial charge in [-0.3, -0.25) is 0 Å². The standard InChI is InChI=1S/C12H16ClNO/c1-8-6-11(14)10(13)7-12(8)15-5-4-9-2-3-9/h6-7,9H,2-5,14H2,1H3. The van der Waals surface area contributed by atoms with Crippen molar-refractivity contribution in [2.45, 2.75) is 26.2 Å². The number of nitrogens with two attached hydrogens (primary N) is 1. The number of nitrogen functional groups attached to an aromatic ring is 1. The maximum Gasteiger partial charge on any atom is 0.123 e. The van der Waals surface area contributed by atoms with E-state index in [-0.39, 0.29) is 0 Å². The van der Waals surface area contributed by atoms with Crippen LogP contribution in [0.3, 0.4) is 0 Å². The Bertz CT molecular complexity index is 361. The van der Waals surface area contributed by atoms with E-state index in [9.17, 15) is 0 Å². The summed E-state index contributed by atoms with van der Waals surface area (Å²) in [5.41, 5.74) is 7.35. The second-order valence-corrected chi connectivity index (χ2v) is 4.63. The van der Waals surface area contributed by atoms with Crippen molar-refractivity contribution in [2.75, 3.05) is 12.3 Å². The summed E-state index contributed by atoms with van der Waals surface area (Å²) in [6, 6.07) is 3.66. The van der Waals surface area contributed by atoms with Crippen LogP contribution in [-0.4, -0.2) is 6.61 Å². The number of hydrogen-bond donors (Lipinski definition) is 1. The highest BCUT2D eigenvalue weighted by molar-refractivity contribution is 6.33. The van der Waals surface area contributed by atoms with E-state index >= 15 is 0 Å². The molecule has 0 unspecified atom stereocenters. The molecular weight excluding hydrogens is 210 g/mol. The third-order valence-corrected chi connectivity index (χ3v) is 3.10. The van der Waals surface area contributed by atoms with Crippen LogP contribution >= 0.6 is 11.6 Å². The predicted molar refractivity (Wildman–Crippen MR) is 63.4 cm³/mol. The molecule has 1 aliphatic rings. The van der Waals surface area contributed by atoms with E-state index in [1.165, 1.54) is 12.8 Å². The lowest BCUT2D eigenvalue weighted by Gasteiger charge is -2.10. The molecule has 0 spiro atoms. The van der Waals surface area contributed by atoms with Crippen molar-refractivity contribution < 1.29 is 4.74 Å². The molecule has 0 aromatic heterocycles. The molecule has 82 valence electrons. The van der Waals surface area contributed by atoms with Crippen LogP contribution in [0.15, 0.2) is 12.1 Å². The summed E-state index contributed by atoms with van der Waals surface area (Å²) in [7, 11) is 0. The molecular formula is C12H16ClNO. The van der Waals surface area contributed by atoms with Crippen molar-refractivity contribution in [1.29, 1.82) is 0 Å². The Morgan fingerprint density at radius 3 is 2.87 bits per heavy atom. The van der Waals surface area contributed by atoms with Crippen LogP contribution in [0.5, 0.6) is 5.75 Å². The molecule has 2 N–H and O–H groups in total. The van der Waals surface area contributed by atoms with Crippen LogP contribution in [0.4, 0.5) is 5.69 Å². The molecule has 0 amide bonds. The lowest BCUT2D eigenvalue weighted by atomic mass is 10.2. The minimum absolute atomic E-state index is 0.571. The van der Waals surface area contributed by atoms with Crippen LogP contribution in [-0.2, 0) is 0 Å². The molecule has 0 aliphatic heterocycles. The monoisotopic (exact) mass is 225 g/mol. The molecule has 15 heavy (non-hydrogen) atoms. The average Bonchev–Trinajstić information content (AvgIpc) is 2.97. The average molecular weight is 226 g/mol. The number of aryl methyl sites for hydroxylation is 1. The SMILES string of the molecule is Cc1cc(N)c(Cl)cc1OCCC1CC1. The molecule has 1 fully saturated rings. The van der Waals surface area contributed by atoms with Gasteiger partial charge in [-0.25, -0.2) is 0 Å². The van der Waals surface area contributed by atoms with Crippen molar-refractivity contribution in [3.63, 3.8) is 0 Å². The summed E-state index contributed by atoms with van der Waals surface area (Å²) >= 11 is 5.93. The highest BCUT2D eigenvalue weighted by Crippen LogP contribution is 2.33. The van der Waals surface area contributed by atoms with Crippen molar-refractivity contribution in [3.8, 4) is 5.75 Å². The second kappa shape index (κ2) is 4.31. The van der Waals surface area contributed by atoms with Gasteiger partial charge in [-0.05, 0) is 30.9 Å². The van der Waals surface area contributed by atoms with Gasteiger partial charge >= 0.3 is 0 Å². The van der Waals surface area contributed by atoms with Gasteiger partial charge in [0.05, 0.1) is 17.3 Å². The van der Waals surface area contributed by atoms with Crippen molar-refractivity contribution in [2.24, 2.45) is 5.92 Å². The molecule has 0 radical (unpaired) electrons. The van der Waals surface area contributed by atoms with E-state index in [2.05, 4.69) is 0 Å². The molecule has 1 aromatic rings. The zero-order valence-corrected chi connectivity index (χ0v) is 9.68. The normalized spacial score (nSPS) is 15.3. The van der Waals surface area contributed by atoms with Crippen LogP contribution in [0.2, 0.25) is 5.02 Å². The zero-order chi connectivity index (χ0) is 10.8. The molecule has 0 atom stereocenters. The number of halogens is 1. The van der Waals surface area contributed by atoms with Gasteiger partial charge < -0.3 is 10.5 Å². The van der Waals surface area contributed by atoms with Crippen LogP contribution in [0.25, 0.3) is 0 Å². The first kappa shape index (κ1) is 10.6. The van der Waals surface area contributed by atoms with Gasteiger partial charge in [-0.1, -0.05) is 24.4 Å². The minimum atomic E-state index is 0.571. The number of anilines is 1. The number of benzene rings is 1. The van der Waals surface area contributed by atoms with Crippen LogP contribution < -0.4 is 10.5 Å². The highest BCUT2D eigenvalue weighted by atomic mass is 35.5. The summed E-state index contributed by atoms with van der Waals surface area (Å²) in [4.78, 5) is 0. The quantitative estimate of drug-likeness (QED) is 0.798. The fraction of sp³-hybridized carbons (Fsp3) is 0.500. The van der Waals surface area contributed by atoms with Gasteiger partial charge in [0.2, 0.25) is 0 Å². The Morgan fingerprint density at radius 1 is 1.47 bits per heavy atom. The Balaban J connectivity index is 1.96. The first-order valence-corrected chi connectivity index (χ1v) is 5.73. The molecule has 0 heterocycles. The maximum atomic E-state index is 5.93. The first-order chi connectivity index (χ1) is 7.16. The summed E-state index contributed by atoms with van der Waals surface area (Å²) < 4.78 is 5.68. The third-order valence-electron chi connectivity index (χ3n) is 2.77. The maximum absolute atomic E-state index is 5.93. The molecule has 1 aliphatic carbocycles. The molecule has 0 saturated heterocycles. The molecule has 2 rings (SSSR count). The third kappa shape index (κ3) is 2.78. The van der Waals surface area contributed by atoms with Gasteiger partial charge in [0.1, 0.15) is 5.75 Å². The molecule has 1 aromatic carbocycles. The van der Waals surface area contributed by atoms with Crippen molar-refractivity contribution in [3.05, 3.63) is 22.7 Å². The summed E-state index contributed by atoms with van der Waals surface area (Å²) in [6.45, 7) is 2.77. The Kier molecular flexibility index (Phi) is 3.06. The molecule has 0 bridgehead atoms. The number of hydrogen-bond acceptors (Lipinski definition) is 2. The van der Waals surface area contributed by atoms with E-state index in [4.69, 9.17) is 22.1 Å². The summed E-state index contributed by atoms with van der Waals surface area (Å²) in [5.74, 6) is 1.75. The minimum Gasteiger partial charge on any atom is -0.493 e. The Morgan fingerprint density at radius 2 is 2.20 bits per heavy atom. The van der Waals surface area contributed by atoms with Crippen molar-refractivity contribution in [1.82, 2.24) is 0 Å². The first-order valence-electron chi connectivity index (χ1n) is 5.35. The number of rotatable bonds is 4. The second-order valence-electron chi connectivity index (χ2n) is 4.22. The largest absolute Gasteiger partial charge is 0.493 e. The molecule has 2 nitrogen and oxygen atoms in total. The molecule has 1 saturated carbocycles. The van der Waals surface area contributed by atoms with E-state index in [0.717, 1.165) is 30.3 Å². The van der Waals surface area contributed by atoms with Crippen LogP contribution in [0.1, 0.15) is 24.8 Å². The Labute approximate surface area is 95.4 Å². The molecule has 3 heteroatoms. The fourth-order valence-corrected chi connectivity index (χ4v) is 1.74. The van der Waals surface area contributed by atoms with E-state index < -0.39 is 0 Å². The van der Waals surface area contributed by atoms with Gasteiger partial charge in [0, 0.05) is 6.07 Å². The topological polar surface area (TPSA) is 35.2 Å². The summed E-state index contributed by atoms with van der Waals surface area (Å²) in [5, 5.41) is 0.571. The van der Waals surface area contributed by atoms with Gasteiger partial charge in [-0.15, -0.1) is 0 Å². The fourth-order valence-electron chi connectivity index (χ4n) is 1.58. The van der Waals surface area contributed by atoms with E-state index in [1.54, 1.807) is 6.07 Å². The van der Waals surface area contributed by atoms with Crippen LogP contribution in [0, 0.1) is 12.8 Å². The van der Waals surface area contributed by atoms with Gasteiger partial charge in [0.15, 0.2) is 0 Å². The van der Waals surface area contributed by atoms with E-state index in [0.29, 0.717) is 10.7 Å². The Hall–Kier alpha value is -0.890. The number of ether oxygens (including phenoxy) is 1. The zero-order valence-electron chi connectivity index (χ0n) is 8.92. The van der Waals surface area contributed by atoms with Gasteiger partial charge in [-0.2, -0.15) is 0 Å². The highest BCUT2D eigenvalue weighted by Gasteiger charge is 2.20.